The van der Waals surface area contributed by atoms with Gasteiger partial charge in [0.05, 0.1) is 30.4 Å². The number of ether oxygens (including phenoxy) is 2. The monoisotopic (exact) mass is 410 g/mol. The lowest BCUT2D eigenvalue weighted by molar-refractivity contribution is 0.0952. The number of methoxy groups -OCH3 is 1. The highest BCUT2D eigenvalue weighted by Crippen LogP contribution is 2.28. The summed E-state index contributed by atoms with van der Waals surface area (Å²) >= 11 is 0. The minimum Gasteiger partial charge on any atom is -0.493 e. The number of nitrogens with one attached hydrogen (secondary N) is 1. The highest BCUT2D eigenvalue weighted by molar-refractivity contribution is 6.06. The lowest BCUT2D eigenvalue weighted by Gasteiger charge is -2.13. The summed E-state index contributed by atoms with van der Waals surface area (Å²) in [5, 5.41) is 8.19. The van der Waals surface area contributed by atoms with E-state index in [2.05, 4.69) is 29.2 Å². The molecule has 3 rings (SSSR count). The molecule has 1 aromatic carbocycles. The van der Waals surface area contributed by atoms with Crippen molar-refractivity contribution in [2.24, 2.45) is 13.0 Å². The highest BCUT2D eigenvalue weighted by Gasteiger charge is 2.18. The van der Waals surface area contributed by atoms with Crippen molar-refractivity contribution < 1.29 is 14.3 Å². The number of amides is 1. The van der Waals surface area contributed by atoms with Crippen LogP contribution in [-0.4, -0.2) is 34.4 Å². The Morgan fingerprint density at radius 1 is 1.20 bits per heavy atom. The SMILES string of the molecule is COc1cc(CNC(=O)c2cc(C)nc3c2c(C)nn3C)ccc1OCCC(C)C. The third-order valence-electron chi connectivity index (χ3n) is 4.98. The number of hydrogen-bond donors (Lipinski definition) is 1. The van der Waals surface area contributed by atoms with Gasteiger partial charge in [-0.1, -0.05) is 19.9 Å². The largest absolute Gasteiger partial charge is 0.493 e. The lowest BCUT2D eigenvalue weighted by Crippen LogP contribution is -2.23. The molecule has 0 atom stereocenters. The van der Waals surface area contributed by atoms with Crippen molar-refractivity contribution in [1.29, 1.82) is 0 Å². The second-order valence-corrected chi connectivity index (χ2v) is 7.92. The summed E-state index contributed by atoms with van der Waals surface area (Å²) in [5.74, 6) is 1.80. The van der Waals surface area contributed by atoms with Crippen molar-refractivity contribution >= 4 is 16.9 Å². The van der Waals surface area contributed by atoms with E-state index in [9.17, 15) is 4.79 Å². The molecule has 0 fully saturated rings. The first-order chi connectivity index (χ1) is 14.3. The fourth-order valence-electron chi connectivity index (χ4n) is 3.37. The Morgan fingerprint density at radius 3 is 2.67 bits per heavy atom. The van der Waals surface area contributed by atoms with Crippen LogP contribution < -0.4 is 14.8 Å². The van der Waals surface area contributed by atoms with Crippen LogP contribution in [0.4, 0.5) is 0 Å². The van der Waals surface area contributed by atoms with Gasteiger partial charge in [-0.15, -0.1) is 0 Å². The summed E-state index contributed by atoms with van der Waals surface area (Å²) < 4.78 is 13.0. The Morgan fingerprint density at radius 2 is 1.97 bits per heavy atom. The first-order valence-corrected chi connectivity index (χ1v) is 10.2. The fourth-order valence-corrected chi connectivity index (χ4v) is 3.37. The summed E-state index contributed by atoms with van der Waals surface area (Å²) in [7, 11) is 3.45. The Hall–Kier alpha value is -3.09. The molecule has 2 heterocycles. The van der Waals surface area contributed by atoms with Crippen LogP contribution in [-0.2, 0) is 13.6 Å². The van der Waals surface area contributed by atoms with E-state index in [1.54, 1.807) is 17.9 Å². The van der Waals surface area contributed by atoms with Crippen LogP contribution in [0.15, 0.2) is 24.3 Å². The van der Waals surface area contributed by atoms with Gasteiger partial charge in [0, 0.05) is 19.3 Å². The number of nitrogens with zero attached hydrogens (tertiary/aromatic N) is 3. The molecule has 0 aliphatic carbocycles. The zero-order valence-corrected chi connectivity index (χ0v) is 18.6. The van der Waals surface area contributed by atoms with Gasteiger partial charge in [-0.3, -0.25) is 9.48 Å². The van der Waals surface area contributed by atoms with Crippen molar-refractivity contribution in [2.45, 2.75) is 40.7 Å². The molecule has 1 amide bonds. The van der Waals surface area contributed by atoms with E-state index in [1.807, 2.05) is 39.1 Å². The number of fused-ring (bicyclic) bond motifs is 1. The summed E-state index contributed by atoms with van der Waals surface area (Å²) in [6, 6.07) is 7.53. The van der Waals surface area contributed by atoms with E-state index < -0.39 is 0 Å². The molecule has 160 valence electrons. The first kappa shape index (κ1) is 21.6. The van der Waals surface area contributed by atoms with Gasteiger partial charge in [0.2, 0.25) is 0 Å². The average Bonchev–Trinajstić information content (AvgIpc) is 2.99. The van der Waals surface area contributed by atoms with Crippen LogP contribution in [0, 0.1) is 19.8 Å². The number of carbonyl (C=O) groups is 1. The number of pyridine rings is 1. The molecule has 0 aliphatic heterocycles. The second-order valence-electron chi connectivity index (χ2n) is 7.92. The maximum atomic E-state index is 12.9. The molecule has 3 aromatic rings. The third-order valence-corrected chi connectivity index (χ3v) is 4.98. The number of aryl methyl sites for hydroxylation is 3. The van der Waals surface area contributed by atoms with Crippen LogP contribution in [0.5, 0.6) is 11.5 Å². The maximum absolute atomic E-state index is 12.9. The number of hydrogen-bond acceptors (Lipinski definition) is 5. The molecule has 7 nitrogen and oxygen atoms in total. The van der Waals surface area contributed by atoms with E-state index >= 15 is 0 Å². The quantitative estimate of drug-likeness (QED) is 0.608. The van der Waals surface area contributed by atoms with E-state index in [0.29, 0.717) is 41.8 Å². The standard InChI is InChI=1S/C23H30N4O3/c1-14(2)9-10-30-19-8-7-17(12-20(19)29-6)13-24-23(28)18-11-15(3)25-22-21(18)16(4)26-27(22)5/h7-8,11-12,14H,9-10,13H2,1-6H3,(H,24,28). The Bertz CT molecular complexity index is 1060. The molecular formula is C23H30N4O3. The number of aromatic nitrogens is 3. The van der Waals surface area contributed by atoms with E-state index in [1.165, 1.54) is 0 Å². The molecule has 0 saturated heterocycles. The van der Waals surface area contributed by atoms with Gasteiger partial charge in [-0.25, -0.2) is 4.98 Å². The predicted octanol–water partition coefficient (Wildman–Crippen LogP) is 3.95. The van der Waals surface area contributed by atoms with Crippen LogP contribution in [0.2, 0.25) is 0 Å². The molecule has 0 aliphatic rings. The van der Waals surface area contributed by atoms with Crippen molar-refractivity contribution in [3.8, 4) is 11.5 Å². The van der Waals surface area contributed by atoms with Gasteiger partial charge in [0.25, 0.3) is 5.91 Å². The normalized spacial score (nSPS) is 11.2. The Balaban J connectivity index is 1.74. The van der Waals surface area contributed by atoms with Gasteiger partial charge in [-0.2, -0.15) is 5.10 Å². The van der Waals surface area contributed by atoms with E-state index in [0.717, 1.165) is 28.8 Å². The average molecular weight is 411 g/mol. The van der Waals surface area contributed by atoms with Crippen molar-refractivity contribution in [2.75, 3.05) is 13.7 Å². The molecule has 1 N–H and O–H groups in total. The molecule has 2 aromatic heterocycles. The van der Waals surface area contributed by atoms with Crippen molar-refractivity contribution in [1.82, 2.24) is 20.1 Å². The van der Waals surface area contributed by atoms with Gasteiger partial charge in [-0.05, 0) is 49.9 Å². The summed E-state index contributed by atoms with van der Waals surface area (Å²) in [4.78, 5) is 17.5. The van der Waals surface area contributed by atoms with Crippen LogP contribution in [0.1, 0.15) is 47.6 Å². The zero-order chi connectivity index (χ0) is 21.8. The molecule has 0 spiro atoms. The third kappa shape index (κ3) is 4.72. The van der Waals surface area contributed by atoms with Crippen LogP contribution in [0.25, 0.3) is 11.0 Å². The molecule has 7 heteroatoms. The first-order valence-electron chi connectivity index (χ1n) is 10.2. The van der Waals surface area contributed by atoms with Crippen molar-refractivity contribution in [3.63, 3.8) is 0 Å². The van der Waals surface area contributed by atoms with Crippen LogP contribution >= 0.6 is 0 Å². The molecule has 0 unspecified atom stereocenters. The molecule has 0 radical (unpaired) electrons. The summed E-state index contributed by atoms with van der Waals surface area (Å²) in [5.41, 5.74) is 3.79. The van der Waals surface area contributed by atoms with Gasteiger partial charge >= 0.3 is 0 Å². The predicted molar refractivity (Wildman–Crippen MR) is 117 cm³/mol. The molecule has 0 bridgehead atoms. The van der Waals surface area contributed by atoms with Gasteiger partial charge in [0.1, 0.15) is 0 Å². The molecular weight excluding hydrogens is 380 g/mol. The number of carbonyl (C=O) groups excluding carboxylic acids is 1. The lowest BCUT2D eigenvalue weighted by atomic mass is 10.1. The number of rotatable bonds is 8. The topological polar surface area (TPSA) is 78.3 Å². The smallest absolute Gasteiger partial charge is 0.252 e. The van der Waals surface area contributed by atoms with E-state index in [-0.39, 0.29) is 5.91 Å². The van der Waals surface area contributed by atoms with E-state index in [4.69, 9.17) is 9.47 Å². The summed E-state index contributed by atoms with van der Waals surface area (Å²) in [6.45, 7) is 9.12. The minimum absolute atomic E-state index is 0.155. The number of benzene rings is 1. The Labute approximate surface area is 177 Å². The zero-order valence-electron chi connectivity index (χ0n) is 18.6. The highest BCUT2D eigenvalue weighted by atomic mass is 16.5. The van der Waals surface area contributed by atoms with Crippen LogP contribution in [0.3, 0.4) is 0 Å². The maximum Gasteiger partial charge on any atom is 0.252 e. The summed E-state index contributed by atoms with van der Waals surface area (Å²) in [6.07, 6.45) is 0.981. The Kier molecular flexibility index (Phi) is 6.59. The molecule has 30 heavy (non-hydrogen) atoms. The van der Waals surface area contributed by atoms with Crippen molar-refractivity contribution in [3.05, 3.63) is 46.8 Å². The second kappa shape index (κ2) is 9.15. The minimum atomic E-state index is -0.155. The van der Waals surface area contributed by atoms with Gasteiger partial charge in [0.15, 0.2) is 17.1 Å². The van der Waals surface area contributed by atoms with Gasteiger partial charge < -0.3 is 14.8 Å². The fraction of sp³-hybridized carbons (Fsp3) is 0.435. The molecule has 0 saturated carbocycles.